The fraction of sp³-hybridized carbons (Fsp3) is 0.598. The average Bonchev–Trinajstić information content (AvgIpc) is 0.811. The van der Waals surface area contributed by atoms with E-state index in [0.717, 1.165) is 88.4 Å². The number of nitrogen functional groups attached to an aromatic ring is 4. The summed E-state index contributed by atoms with van der Waals surface area (Å²) < 4.78 is 10.6. The van der Waals surface area contributed by atoms with Crippen molar-refractivity contribution < 1.29 is 73.1 Å². The lowest BCUT2D eigenvalue weighted by molar-refractivity contribution is -0.145. The minimum atomic E-state index is -1.25. The third kappa shape index (κ3) is 39.1. The second kappa shape index (κ2) is 54.4. The average molecular weight is 1570 g/mol. The Balaban J connectivity index is 0.000000404. The molecule has 0 aliphatic rings. The van der Waals surface area contributed by atoms with Crippen LogP contribution in [0.4, 0.5) is 34.9 Å². The molecule has 0 fully saturated rings. The lowest BCUT2D eigenvalue weighted by atomic mass is 10.0. The maximum Gasteiger partial charge on any atom is 0.326 e. The first-order valence-electron chi connectivity index (χ1n) is 40.5. The number of carbonyl (C=O) groups is 9. The lowest BCUT2D eigenvalue weighted by Crippen LogP contribution is -2.41. The lowest BCUT2D eigenvalue weighted by Gasteiger charge is -2.20. The van der Waals surface area contributed by atoms with Gasteiger partial charge in [-0.1, -0.05) is 161 Å². The molecule has 620 valence electrons. The molecule has 6 rings (SSSR count). The molecular formula is C82H122N16O15. The minimum absolute atomic E-state index is 0.0111. The maximum atomic E-state index is 13.1. The summed E-state index contributed by atoms with van der Waals surface area (Å²) in [5.41, 5.74) is 27.7. The molecule has 31 nitrogen and oxygen atoms in total. The molecule has 2 atom stereocenters. The van der Waals surface area contributed by atoms with Crippen molar-refractivity contribution in [3.05, 3.63) is 83.4 Å². The second-order valence-corrected chi connectivity index (χ2v) is 28.9. The number of nitrogens with zero attached hydrogens (tertiary/aromatic N) is 10. The number of hydrogen-bond acceptors (Lipinski definition) is 26. The van der Waals surface area contributed by atoms with Crippen LogP contribution in [0.15, 0.2) is 60.9 Å². The molecular weight excluding hydrogens is 1450 g/mol. The Bertz CT molecular complexity index is 3890. The molecule has 0 spiro atoms. The Morgan fingerprint density at radius 3 is 1.12 bits per heavy atom. The highest BCUT2D eigenvalue weighted by Crippen LogP contribution is 2.24. The van der Waals surface area contributed by atoms with Crippen LogP contribution in [0.25, 0.3) is 22.3 Å². The van der Waals surface area contributed by atoms with Crippen molar-refractivity contribution in [1.82, 2.24) is 50.5 Å². The monoisotopic (exact) mass is 1570 g/mol. The Kier molecular flexibility index (Phi) is 44.9. The van der Waals surface area contributed by atoms with Gasteiger partial charge < -0.3 is 73.3 Å². The molecule has 4 aromatic heterocycles. The quantitative estimate of drug-likeness (QED) is 0.0125. The SMILES string of the molecule is CN(Cc1cnc2nc(N)nc(N)c2n1)c1ccc(C(=O)N[C@@H](CCC(=O)CCCOC(=O)CCCCCCCCCCCCCCCCC(=O)O)C(=O)O)cc1.CN(Cc1cnc2nc(N)nc(N)c2n1)c1ccc(C(=O)N[C@@H](CCC(=O)O)C(=O)CCCOC(=O)CCCCCCCCCCCCCCCCCO)cc1. The second-order valence-electron chi connectivity index (χ2n) is 28.9. The summed E-state index contributed by atoms with van der Waals surface area (Å²) in [5.74, 6) is -4.85. The van der Waals surface area contributed by atoms with E-state index in [9.17, 15) is 53.4 Å². The predicted octanol–water partition coefficient (Wildman–Crippen LogP) is 12.7. The molecule has 0 aliphatic heterocycles. The number of carbonyl (C=O) groups excluding carboxylic acids is 6. The molecule has 6 aromatic rings. The summed E-state index contributed by atoms with van der Waals surface area (Å²) in [5, 5.41) is 41.6. The van der Waals surface area contributed by atoms with Crippen LogP contribution in [-0.2, 0) is 56.1 Å². The molecule has 14 N–H and O–H groups in total. The summed E-state index contributed by atoms with van der Waals surface area (Å²) in [6.07, 6.45) is 37.6. The predicted molar refractivity (Wildman–Crippen MR) is 434 cm³/mol. The molecule has 31 heteroatoms. The number of esters is 2. The van der Waals surface area contributed by atoms with Gasteiger partial charge in [-0.3, -0.25) is 38.4 Å². The molecule has 0 saturated carbocycles. The molecule has 2 aromatic carbocycles. The number of ketones is 2. The van der Waals surface area contributed by atoms with E-state index in [1.54, 1.807) is 60.9 Å². The van der Waals surface area contributed by atoms with Crippen LogP contribution in [0.1, 0.15) is 289 Å². The van der Waals surface area contributed by atoms with E-state index in [4.69, 9.17) is 42.6 Å². The van der Waals surface area contributed by atoms with E-state index in [2.05, 4.69) is 50.5 Å². The third-order valence-electron chi connectivity index (χ3n) is 19.4. The van der Waals surface area contributed by atoms with Crippen molar-refractivity contribution in [2.75, 3.05) is 66.7 Å². The number of ether oxygens (including phenoxy) is 2. The van der Waals surface area contributed by atoms with Gasteiger partial charge >= 0.3 is 29.8 Å². The fourth-order valence-electron chi connectivity index (χ4n) is 12.8. The number of nitrogens with one attached hydrogen (secondary N) is 2. The molecule has 0 bridgehead atoms. The van der Waals surface area contributed by atoms with E-state index in [1.807, 2.05) is 23.9 Å². The summed E-state index contributed by atoms with van der Waals surface area (Å²) in [6.45, 7) is 1.26. The van der Waals surface area contributed by atoms with Gasteiger partial charge in [0.05, 0.1) is 56.1 Å². The van der Waals surface area contributed by atoms with Gasteiger partial charge in [-0.25, -0.2) is 24.7 Å². The third-order valence-corrected chi connectivity index (χ3v) is 19.4. The first-order chi connectivity index (χ1) is 54.5. The first-order valence-corrected chi connectivity index (χ1v) is 40.5. The van der Waals surface area contributed by atoms with Crippen LogP contribution in [0.5, 0.6) is 0 Å². The van der Waals surface area contributed by atoms with Crippen molar-refractivity contribution in [2.45, 2.75) is 282 Å². The zero-order chi connectivity index (χ0) is 82.0. The molecule has 113 heavy (non-hydrogen) atoms. The van der Waals surface area contributed by atoms with Crippen LogP contribution >= 0.6 is 0 Å². The Hall–Kier alpha value is -10.3. The smallest absolute Gasteiger partial charge is 0.326 e. The first kappa shape index (κ1) is 93.3. The number of amides is 2. The van der Waals surface area contributed by atoms with E-state index < -0.39 is 41.8 Å². The standard InChI is InChI=1S/C41H60N8O8.C41H62N8O7/c1-49(28-30-27-44-38-36(45-30)37(42)47-41(43)48-38)31-22-20-29(21-23-31)39(54)46-33(40(55)56)25-24-32(50)17-16-26-57-35(53)19-15-13-11-9-7-5-3-2-4-6-8-10-12-14-18-34(51)52;1-49(29-31-28-44-39-37(45-31)38(42)47-41(43)48-39)32-22-20-30(21-23-32)40(55)46-33(24-25-35(52)53)34(51)18-17-27-56-36(54)19-15-13-11-9-7-5-3-2-4-6-8-10-12-14-16-26-50/h20-23,27,33H,2-19,24-26,28H2,1H3,(H,46,54)(H,51,52)(H,55,56)(H4,42,43,44,47,48);20-23,28,33,50H,2-19,24-27,29H2,1H3,(H,46,55)(H,52,53)(H4,42,43,44,47,48)/t2*33-/m00/s1. The highest BCUT2D eigenvalue weighted by atomic mass is 16.5. The Labute approximate surface area is 663 Å². The van der Waals surface area contributed by atoms with Gasteiger partial charge in [-0.05, 0) is 99.9 Å². The largest absolute Gasteiger partial charge is 0.481 e. The van der Waals surface area contributed by atoms with Crippen molar-refractivity contribution in [1.29, 1.82) is 0 Å². The highest BCUT2D eigenvalue weighted by Gasteiger charge is 2.25. The number of anilines is 6. The van der Waals surface area contributed by atoms with Crippen molar-refractivity contribution in [2.24, 2.45) is 0 Å². The van der Waals surface area contributed by atoms with E-state index in [1.165, 1.54) is 109 Å². The summed E-state index contributed by atoms with van der Waals surface area (Å²) in [6, 6.07) is 11.1. The summed E-state index contributed by atoms with van der Waals surface area (Å²) in [7, 11) is 3.68. The van der Waals surface area contributed by atoms with Gasteiger partial charge in [-0.15, -0.1) is 0 Å². The van der Waals surface area contributed by atoms with E-state index >= 15 is 0 Å². The molecule has 0 aliphatic carbocycles. The van der Waals surface area contributed by atoms with Gasteiger partial charge in [0, 0.05) is 88.1 Å². The maximum absolute atomic E-state index is 13.1. The number of Topliss-reactive ketones (excluding diaryl/α,β-unsaturated/α-hetero) is 2. The number of nitrogens with two attached hydrogens (primary N) is 4. The molecule has 0 radical (unpaired) electrons. The van der Waals surface area contributed by atoms with Crippen molar-refractivity contribution in [3.63, 3.8) is 0 Å². The Morgan fingerprint density at radius 2 is 0.743 bits per heavy atom. The molecule has 4 heterocycles. The molecule has 0 saturated heterocycles. The number of aromatic nitrogens is 8. The van der Waals surface area contributed by atoms with Crippen LogP contribution in [0, 0.1) is 0 Å². The zero-order valence-corrected chi connectivity index (χ0v) is 66.3. The topological polar surface area (TPSA) is 491 Å². The van der Waals surface area contributed by atoms with Gasteiger partial charge in [0.15, 0.2) is 39.7 Å². The minimum Gasteiger partial charge on any atom is -0.481 e. The van der Waals surface area contributed by atoms with Crippen molar-refractivity contribution >= 4 is 110 Å². The van der Waals surface area contributed by atoms with Crippen molar-refractivity contribution in [3.8, 4) is 0 Å². The highest BCUT2D eigenvalue weighted by molar-refractivity contribution is 5.99. The molecule has 2 amide bonds. The number of carboxylic acids is 3. The van der Waals surface area contributed by atoms with E-state index in [0.29, 0.717) is 78.2 Å². The normalized spacial score (nSPS) is 11.6. The van der Waals surface area contributed by atoms with Crippen LogP contribution < -0.4 is 43.4 Å². The Morgan fingerprint density at radius 1 is 0.398 bits per heavy atom. The van der Waals surface area contributed by atoms with Crippen LogP contribution in [-0.4, -0.2) is 160 Å². The summed E-state index contributed by atoms with van der Waals surface area (Å²) >= 11 is 0. The zero-order valence-electron chi connectivity index (χ0n) is 66.3. The van der Waals surface area contributed by atoms with Gasteiger partial charge in [0.25, 0.3) is 11.8 Å². The summed E-state index contributed by atoms with van der Waals surface area (Å²) in [4.78, 5) is 147. The number of aliphatic hydroxyl groups excluding tert-OH is 1. The van der Waals surface area contributed by atoms with E-state index in [-0.39, 0.29) is 117 Å². The number of rotatable bonds is 60. The fourth-order valence-corrected chi connectivity index (χ4v) is 12.8. The number of hydrogen-bond donors (Lipinski definition) is 10. The van der Waals surface area contributed by atoms with Crippen LogP contribution in [0.2, 0.25) is 0 Å². The van der Waals surface area contributed by atoms with Gasteiger partial charge in [-0.2, -0.15) is 19.9 Å². The van der Waals surface area contributed by atoms with Gasteiger partial charge in [0.1, 0.15) is 11.8 Å². The number of aliphatic hydroxyl groups is 1. The van der Waals surface area contributed by atoms with Gasteiger partial charge in [0.2, 0.25) is 11.9 Å². The number of fused-ring (bicyclic) bond motifs is 2. The number of aliphatic carboxylic acids is 3. The van der Waals surface area contributed by atoms with Crippen LogP contribution in [0.3, 0.4) is 0 Å². The number of unbranched alkanes of at least 4 members (excludes halogenated alkanes) is 27. The molecule has 0 unspecified atom stereocenters. The number of carboxylic acid groups (broad SMARTS) is 3. The number of benzene rings is 2.